The van der Waals surface area contributed by atoms with Gasteiger partial charge in [-0.3, -0.25) is 4.79 Å². The molecule has 7 nitrogen and oxygen atoms in total. The van der Waals surface area contributed by atoms with Gasteiger partial charge in [-0.25, -0.2) is 19.9 Å². The van der Waals surface area contributed by atoms with E-state index in [2.05, 4.69) is 26.9 Å². The van der Waals surface area contributed by atoms with Gasteiger partial charge in [0.2, 0.25) is 0 Å². The molecule has 0 radical (unpaired) electrons. The molecule has 26 heavy (non-hydrogen) atoms. The molecule has 136 valence electrons. The highest BCUT2D eigenvalue weighted by molar-refractivity contribution is 7.17. The molecule has 0 spiro atoms. The molecular weight excluding hydrogens is 348 g/mol. The van der Waals surface area contributed by atoms with Crippen molar-refractivity contribution in [3.05, 3.63) is 47.2 Å². The van der Waals surface area contributed by atoms with Gasteiger partial charge in [-0.1, -0.05) is 13.8 Å². The van der Waals surface area contributed by atoms with Crippen molar-refractivity contribution in [2.75, 3.05) is 6.54 Å². The highest BCUT2D eigenvalue weighted by Gasteiger charge is 2.24. The maximum Gasteiger partial charge on any atom is 0.266 e. The second kappa shape index (κ2) is 8.18. The van der Waals surface area contributed by atoms with Crippen LogP contribution in [0.15, 0.2) is 30.9 Å². The van der Waals surface area contributed by atoms with Gasteiger partial charge in [-0.15, -0.1) is 11.3 Å². The summed E-state index contributed by atoms with van der Waals surface area (Å²) in [6.07, 6.45) is 8.57. The van der Waals surface area contributed by atoms with E-state index < -0.39 is 0 Å². The number of carbonyl (C=O) groups excluding carboxylic acids is 1. The van der Waals surface area contributed by atoms with E-state index in [1.165, 1.54) is 11.3 Å². The molecule has 0 fully saturated rings. The van der Waals surface area contributed by atoms with Crippen molar-refractivity contribution < 1.29 is 4.79 Å². The Morgan fingerprint density at radius 2 is 1.96 bits per heavy atom. The monoisotopic (exact) mass is 370 g/mol. The molecule has 0 aliphatic heterocycles. The fourth-order valence-electron chi connectivity index (χ4n) is 2.65. The maximum atomic E-state index is 13.2. The molecule has 0 bridgehead atoms. The molecule has 0 unspecified atom stereocenters. The highest BCUT2D eigenvalue weighted by Crippen LogP contribution is 2.27. The average molecular weight is 370 g/mol. The van der Waals surface area contributed by atoms with Crippen molar-refractivity contribution in [2.45, 2.75) is 33.2 Å². The van der Waals surface area contributed by atoms with Gasteiger partial charge < -0.3 is 9.47 Å². The van der Waals surface area contributed by atoms with Crippen LogP contribution in [0, 0.1) is 0 Å². The van der Waals surface area contributed by atoms with Crippen LogP contribution in [0.1, 0.15) is 41.5 Å². The van der Waals surface area contributed by atoms with Crippen LogP contribution in [-0.4, -0.2) is 41.9 Å². The zero-order valence-corrected chi connectivity index (χ0v) is 16.0. The summed E-state index contributed by atoms with van der Waals surface area (Å²) in [6.45, 7) is 5.22. The van der Waals surface area contributed by atoms with E-state index in [-0.39, 0.29) is 5.91 Å². The molecule has 3 rings (SSSR count). The molecule has 0 atom stereocenters. The lowest BCUT2D eigenvalue weighted by atomic mass is 10.2. The van der Waals surface area contributed by atoms with Crippen LogP contribution in [0.4, 0.5) is 0 Å². The van der Waals surface area contributed by atoms with Crippen molar-refractivity contribution in [3.63, 3.8) is 0 Å². The molecule has 3 aromatic rings. The Kier molecular flexibility index (Phi) is 5.72. The molecule has 0 aliphatic carbocycles. The summed E-state index contributed by atoms with van der Waals surface area (Å²) in [5.74, 6) is 1.41. The number of carbonyl (C=O) groups is 1. The Morgan fingerprint density at radius 3 is 2.58 bits per heavy atom. The molecule has 0 N–H and O–H groups in total. The Morgan fingerprint density at radius 1 is 1.19 bits per heavy atom. The van der Waals surface area contributed by atoms with E-state index in [0.717, 1.165) is 17.9 Å². The first-order valence-electron chi connectivity index (χ1n) is 8.66. The number of nitrogens with zero attached hydrogens (tertiary/aromatic N) is 6. The first-order valence-corrected chi connectivity index (χ1v) is 9.48. The average Bonchev–Trinajstić information content (AvgIpc) is 3.28. The molecule has 1 amide bonds. The number of imidazole rings is 1. The first kappa shape index (κ1) is 18.2. The van der Waals surface area contributed by atoms with E-state index in [9.17, 15) is 4.79 Å². The number of hydrogen-bond acceptors (Lipinski definition) is 6. The number of thiazole rings is 1. The van der Waals surface area contributed by atoms with E-state index >= 15 is 0 Å². The summed E-state index contributed by atoms with van der Waals surface area (Å²) >= 11 is 1.36. The third-order valence-electron chi connectivity index (χ3n) is 4.02. The van der Waals surface area contributed by atoms with Crippen molar-refractivity contribution >= 4 is 17.2 Å². The molecular formula is C18H22N6OS. The number of amides is 1. The van der Waals surface area contributed by atoms with Crippen LogP contribution in [0.2, 0.25) is 0 Å². The Bertz CT molecular complexity index is 873. The number of aryl methyl sites for hydroxylation is 2. The maximum absolute atomic E-state index is 13.2. The molecule has 3 heterocycles. The van der Waals surface area contributed by atoms with Crippen LogP contribution >= 0.6 is 11.3 Å². The molecule has 0 saturated heterocycles. The van der Waals surface area contributed by atoms with Crippen LogP contribution in [-0.2, 0) is 20.0 Å². The van der Waals surface area contributed by atoms with Crippen LogP contribution in [0.3, 0.4) is 0 Å². The quantitative estimate of drug-likeness (QED) is 0.639. The number of hydrogen-bond donors (Lipinski definition) is 0. The van der Waals surface area contributed by atoms with Gasteiger partial charge in [0.15, 0.2) is 10.8 Å². The van der Waals surface area contributed by atoms with Gasteiger partial charge >= 0.3 is 0 Å². The largest absolute Gasteiger partial charge is 0.337 e. The van der Waals surface area contributed by atoms with Crippen molar-refractivity contribution in [1.82, 2.24) is 29.4 Å². The SMILES string of the molecule is CCCN(Cc1nccn1C)C(=O)c1sc(-c2ncccn2)nc1CC. The molecule has 0 aromatic carbocycles. The number of aromatic nitrogens is 5. The van der Waals surface area contributed by atoms with Crippen molar-refractivity contribution in [1.29, 1.82) is 0 Å². The van der Waals surface area contributed by atoms with Gasteiger partial charge in [0, 0.05) is 38.4 Å². The summed E-state index contributed by atoms with van der Waals surface area (Å²) in [5.41, 5.74) is 0.795. The van der Waals surface area contributed by atoms with E-state index in [1.807, 2.05) is 29.6 Å². The van der Waals surface area contributed by atoms with Crippen LogP contribution in [0.25, 0.3) is 10.8 Å². The lowest BCUT2D eigenvalue weighted by Gasteiger charge is -2.21. The van der Waals surface area contributed by atoms with Gasteiger partial charge in [0.1, 0.15) is 10.7 Å². The Hall–Kier alpha value is -2.61. The second-order valence-electron chi connectivity index (χ2n) is 5.90. The summed E-state index contributed by atoms with van der Waals surface area (Å²) in [5, 5.41) is 0.680. The normalized spacial score (nSPS) is 10.9. The fraction of sp³-hybridized carbons (Fsp3) is 0.389. The standard InChI is InChI=1S/C18H22N6OS/c1-4-10-24(12-14-19-9-11-23(14)3)18(25)15-13(5-2)22-17(26-15)16-20-7-6-8-21-16/h6-9,11H,4-5,10,12H2,1-3H3. The summed E-state index contributed by atoms with van der Waals surface area (Å²) < 4.78 is 1.94. The summed E-state index contributed by atoms with van der Waals surface area (Å²) in [6, 6.07) is 1.76. The predicted octanol–water partition coefficient (Wildman–Crippen LogP) is 2.95. The van der Waals surface area contributed by atoms with Crippen molar-refractivity contribution in [3.8, 4) is 10.8 Å². The summed E-state index contributed by atoms with van der Waals surface area (Å²) in [7, 11) is 1.94. The van der Waals surface area contributed by atoms with Gasteiger partial charge in [-0.05, 0) is 18.9 Å². The molecule has 0 aliphatic rings. The zero-order chi connectivity index (χ0) is 18.5. The minimum absolute atomic E-state index is 0.00798. The molecule has 0 saturated carbocycles. The van der Waals surface area contributed by atoms with Gasteiger partial charge in [0.05, 0.1) is 12.2 Å². The molecule has 3 aromatic heterocycles. The third-order valence-corrected chi connectivity index (χ3v) is 5.10. The topological polar surface area (TPSA) is 76.8 Å². The van der Waals surface area contributed by atoms with Crippen LogP contribution in [0.5, 0.6) is 0 Å². The first-order chi connectivity index (χ1) is 12.6. The third kappa shape index (κ3) is 3.80. The smallest absolute Gasteiger partial charge is 0.266 e. The van der Waals surface area contributed by atoms with E-state index in [1.54, 1.807) is 24.7 Å². The fourth-order valence-corrected chi connectivity index (χ4v) is 3.72. The molecule has 8 heteroatoms. The Balaban J connectivity index is 1.91. The van der Waals surface area contributed by atoms with E-state index in [0.29, 0.717) is 35.2 Å². The van der Waals surface area contributed by atoms with Crippen molar-refractivity contribution in [2.24, 2.45) is 7.05 Å². The second-order valence-corrected chi connectivity index (χ2v) is 6.90. The Labute approximate surface area is 156 Å². The van der Waals surface area contributed by atoms with E-state index in [4.69, 9.17) is 0 Å². The lowest BCUT2D eigenvalue weighted by molar-refractivity contribution is 0.0741. The zero-order valence-electron chi connectivity index (χ0n) is 15.2. The minimum Gasteiger partial charge on any atom is -0.337 e. The van der Waals surface area contributed by atoms with Crippen LogP contribution < -0.4 is 0 Å². The van der Waals surface area contributed by atoms with Gasteiger partial charge in [0.25, 0.3) is 5.91 Å². The summed E-state index contributed by atoms with van der Waals surface area (Å²) in [4.78, 5) is 33.2. The number of rotatable bonds is 7. The highest BCUT2D eigenvalue weighted by atomic mass is 32.1. The minimum atomic E-state index is -0.00798. The predicted molar refractivity (Wildman–Crippen MR) is 101 cm³/mol. The lowest BCUT2D eigenvalue weighted by Crippen LogP contribution is -2.32. The van der Waals surface area contributed by atoms with Gasteiger partial charge in [-0.2, -0.15) is 0 Å².